The summed E-state index contributed by atoms with van der Waals surface area (Å²) in [5.74, 6) is -0.531. The van der Waals surface area contributed by atoms with Crippen LogP contribution in [-0.4, -0.2) is 29.7 Å². The van der Waals surface area contributed by atoms with Gasteiger partial charge < -0.3 is 15.7 Å². The zero-order valence-corrected chi connectivity index (χ0v) is 10.5. The monoisotopic (exact) mass is 274 g/mol. The molecule has 1 heterocycles. The summed E-state index contributed by atoms with van der Waals surface area (Å²) in [6.07, 6.45) is -0.0671. The number of nitrogens with one attached hydrogen (secondary N) is 2. The Morgan fingerprint density at radius 2 is 2.22 bits per heavy atom. The van der Waals surface area contributed by atoms with E-state index in [4.69, 9.17) is 0 Å². The van der Waals surface area contributed by atoms with Crippen molar-refractivity contribution in [2.24, 2.45) is 0 Å². The van der Waals surface area contributed by atoms with E-state index in [0.29, 0.717) is 18.5 Å². The first kappa shape index (κ1) is 14.9. The van der Waals surface area contributed by atoms with Crippen molar-refractivity contribution in [2.75, 3.05) is 6.54 Å². The van der Waals surface area contributed by atoms with Gasteiger partial charge in [0.25, 0.3) is 0 Å². The second-order valence-electron chi connectivity index (χ2n) is 4.16. The average molecular weight is 275 g/mol. The number of amides is 1. The molecule has 0 bridgehead atoms. The Hall–Kier alpha value is -1.17. The SMILES string of the molecule is Cl.O=C(NCc1ccccc1F)C1CC(O)CN1. The zero-order valence-electron chi connectivity index (χ0n) is 9.73. The van der Waals surface area contributed by atoms with Crippen LogP contribution in [0.2, 0.25) is 0 Å². The van der Waals surface area contributed by atoms with E-state index in [9.17, 15) is 14.3 Å². The maximum Gasteiger partial charge on any atom is 0.237 e. The standard InChI is InChI=1S/C12H15FN2O2.ClH/c13-10-4-2-1-3-8(10)6-15-12(17)11-5-9(16)7-14-11;/h1-4,9,11,14,16H,5-7H2,(H,15,17);1H. The summed E-state index contributed by atoms with van der Waals surface area (Å²) < 4.78 is 13.3. The molecule has 1 aromatic carbocycles. The van der Waals surface area contributed by atoms with Crippen molar-refractivity contribution >= 4 is 18.3 Å². The number of carbonyl (C=O) groups is 1. The van der Waals surface area contributed by atoms with Gasteiger partial charge in [0.05, 0.1) is 12.1 Å². The Labute approximate surface area is 111 Å². The predicted octanol–water partition coefficient (Wildman–Crippen LogP) is 0.586. The van der Waals surface area contributed by atoms with Crippen LogP contribution in [0.3, 0.4) is 0 Å². The number of hydrogen-bond acceptors (Lipinski definition) is 3. The van der Waals surface area contributed by atoms with Crippen LogP contribution in [0.4, 0.5) is 4.39 Å². The van der Waals surface area contributed by atoms with Gasteiger partial charge in [-0.05, 0) is 12.5 Å². The molecule has 2 unspecified atom stereocenters. The number of hydrogen-bond donors (Lipinski definition) is 3. The lowest BCUT2D eigenvalue weighted by molar-refractivity contribution is -0.123. The van der Waals surface area contributed by atoms with Gasteiger partial charge in [-0.3, -0.25) is 4.79 Å². The van der Waals surface area contributed by atoms with Gasteiger partial charge in [-0.2, -0.15) is 0 Å². The lowest BCUT2D eigenvalue weighted by Gasteiger charge is -2.11. The van der Waals surface area contributed by atoms with Gasteiger partial charge in [-0.25, -0.2) is 4.39 Å². The molecule has 1 aliphatic heterocycles. The van der Waals surface area contributed by atoms with Crippen LogP contribution in [0.15, 0.2) is 24.3 Å². The summed E-state index contributed by atoms with van der Waals surface area (Å²) in [4.78, 5) is 11.7. The molecule has 1 aromatic rings. The summed E-state index contributed by atoms with van der Waals surface area (Å²) in [6.45, 7) is 0.595. The third kappa shape index (κ3) is 3.66. The van der Waals surface area contributed by atoms with Gasteiger partial charge in [-0.15, -0.1) is 12.4 Å². The van der Waals surface area contributed by atoms with E-state index in [1.54, 1.807) is 18.2 Å². The Kier molecular flexibility index (Phi) is 5.53. The molecule has 0 saturated carbocycles. The van der Waals surface area contributed by atoms with Gasteiger partial charge in [-0.1, -0.05) is 18.2 Å². The summed E-state index contributed by atoms with van der Waals surface area (Å²) in [7, 11) is 0. The number of aliphatic hydroxyl groups excluding tert-OH is 1. The molecule has 6 heteroatoms. The summed E-state index contributed by atoms with van der Waals surface area (Å²) in [6, 6.07) is 5.94. The summed E-state index contributed by atoms with van der Waals surface area (Å²) in [5.41, 5.74) is 0.458. The van der Waals surface area contributed by atoms with Crippen molar-refractivity contribution in [2.45, 2.75) is 25.1 Å². The topological polar surface area (TPSA) is 61.4 Å². The molecule has 0 radical (unpaired) electrons. The number of carbonyl (C=O) groups excluding carboxylic acids is 1. The Balaban J connectivity index is 0.00000162. The van der Waals surface area contributed by atoms with Crippen LogP contribution >= 0.6 is 12.4 Å². The largest absolute Gasteiger partial charge is 0.392 e. The minimum absolute atomic E-state index is 0. The average Bonchev–Trinajstić information content (AvgIpc) is 2.74. The molecule has 1 amide bonds. The van der Waals surface area contributed by atoms with Crippen LogP contribution in [0.25, 0.3) is 0 Å². The summed E-state index contributed by atoms with van der Waals surface area (Å²) in [5, 5.41) is 14.8. The third-order valence-electron chi connectivity index (χ3n) is 2.84. The highest BCUT2D eigenvalue weighted by Gasteiger charge is 2.27. The van der Waals surface area contributed by atoms with E-state index in [2.05, 4.69) is 10.6 Å². The van der Waals surface area contributed by atoms with Gasteiger partial charge in [0, 0.05) is 18.7 Å². The van der Waals surface area contributed by atoms with Crippen molar-refractivity contribution in [3.05, 3.63) is 35.6 Å². The Morgan fingerprint density at radius 3 is 2.83 bits per heavy atom. The van der Waals surface area contributed by atoms with Crippen LogP contribution in [0.5, 0.6) is 0 Å². The minimum atomic E-state index is -0.473. The first-order chi connectivity index (χ1) is 8.16. The highest BCUT2D eigenvalue weighted by molar-refractivity contribution is 5.85. The van der Waals surface area contributed by atoms with E-state index < -0.39 is 6.10 Å². The fourth-order valence-electron chi connectivity index (χ4n) is 1.86. The van der Waals surface area contributed by atoms with Gasteiger partial charge in [0.15, 0.2) is 0 Å². The Bertz CT molecular complexity index is 417. The van der Waals surface area contributed by atoms with Crippen LogP contribution in [0.1, 0.15) is 12.0 Å². The molecule has 1 fully saturated rings. The Morgan fingerprint density at radius 1 is 1.50 bits per heavy atom. The van der Waals surface area contributed by atoms with Crippen molar-refractivity contribution < 1.29 is 14.3 Å². The lowest BCUT2D eigenvalue weighted by Crippen LogP contribution is -2.40. The fraction of sp³-hybridized carbons (Fsp3) is 0.417. The van der Waals surface area contributed by atoms with Gasteiger partial charge in [0.1, 0.15) is 5.82 Å². The van der Waals surface area contributed by atoms with Crippen LogP contribution < -0.4 is 10.6 Å². The molecule has 2 atom stereocenters. The minimum Gasteiger partial charge on any atom is -0.392 e. The molecule has 0 aliphatic carbocycles. The number of aliphatic hydroxyl groups is 1. The summed E-state index contributed by atoms with van der Waals surface area (Å²) >= 11 is 0. The smallest absolute Gasteiger partial charge is 0.237 e. The van der Waals surface area contributed by atoms with Crippen molar-refractivity contribution in [3.63, 3.8) is 0 Å². The molecule has 1 saturated heterocycles. The van der Waals surface area contributed by atoms with E-state index >= 15 is 0 Å². The number of rotatable bonds is 3. The van der Waals surface area contributed by atoms with E-state index in [1.165, 1.54) is 6.07 Å². The molecule has 1 aliphatic rings. The molecule has 0 aromatic heterocycles. The van der Waals surface area contributed by atoms with Crippen molar-refractivity contribution in [1.29, 1.82) is 0 Å². The predicted molar refractivity (Wildman–Crippen MR) is 67.9 cm³/mol. The fourth-order valence-corrected chi connectivity index (χ4v) is 1.86. The number of β-amino-alcohol motifs (C(OH)–C–C–N with tert-alkyl or cyclic N) is 1. The number of benzene rings is 1. The first-order valence-corrected chi connectivity index (χ1v) is 5.59. The quantitative estimate of drug-likeness (QED) is 0.756. The molecular formula is C12H16ClFN2O2. The molecule has 18 heavy (non-hydrogen) atoms. The first-order valence-electron chi connectivity index (χ1n) is 5.59. The van der Waals surface area contributed by atoms with Crippen LogP contribution in [-0.2, 0) is 11.3 Å². The lowest BCUT2D eigenvalue weighted by atomic mass is 10.1. The molecule has 0 spiro atoms. The molecule has 3 N–H and O–H groups in total. The molecule has 2 rings (SSSR count). The zero-order chi connectivity index (χ0) is 12.3. The third-order valence-corrected chi connectivity index (χ3v) is 2.84. The van der Waals surface area contributed by atoms with Crippen molar-refractivity contribution in [3.8, 4) is 0 Å². The second-order valence-corrected chi connectivity index (χ2v) is 4.16. The van der Waals surface area contributed by atoms with Gasteiger partial charge >= 0.3 is 0 Å². The van der Waals surface area contributed by atoms with E-state index in [1.807, 2.05) is 0 Å². The normalized spacial score (nSPS) is 22.3. The highest BCUT2D eigenvalue weighted by atomic mass is 35.5. The van der Waals surface area contributed by atoms with Gasteiger partial charge in [0.2, 0.25) is 5.91 Å². The maximum absolute atomic E-state index is 13.3. The maximum atomic E-state index is 13.3. The molecule has 100 valence electrons. The number of halogens is 2. The molecular weight excluding hydrogens is 259 g/mol. The van der Waals surface area contributed by atoms with E-state index in [-0.39, 0.29) is 36.7 Å². The second kappa shape index (κ2) is 6.68. The van der Waals surface area contributed by atoms with Crippen LogP contribution in [0, 0.1) is 5.82 Å². The highest BCUT2D eigenvalue weighted by Crippen LogP contribution is 2.08. The van der Waals surface area contributed by atoms with Crippen molar-refractivity contribution in [1.82, 2.24) is 10.6 Å². The molecule has 4 nitrogen and oxygen atoms in total. The van der Waals surface area contributed by atoms with E-state index in [0.717, 1.165) is 0 Å².